The number of rotatable bonds is 9. The molecule has 0 spiro atoms. The normalized spacial score (nSPS) is 12.7. The predicted molar refractivity (Wildman–Crippen MR) is 88.8 cm³/mol. The molecule has 0 heterocycles. The monoisotopic (exact) mass is 293 g/mol. The Balaban J connectivity index is -0.00000144. The van der Waals surface area contributed by atoms with Crippen molar-refractivity contribution in [2.24, 2.45) is 11.3 Å². The van der Waals surface area contributed by atoms with Crippen molar-refractivity contribution < 1.29 is 11.7 Å². The van der Waals surface area contributed by atoms with E-state index >= 15 is 0 Å². The van der Waals surface area contributed by atoms with Gasteiger partial charge in [0.2, 0.25) is 5.91 Å². The molecule has 1 unspecified atom stereocenters. The molecule has 1 amide bonds. The lowest BCUT2D eigenvalue weighted by Crippen LogP contribution is -2.27. The number of nitrogens with one attached hydrogen (secondary N) is 1. The second-order valence-electron chi connectivity index (χ2n) is 6.38. The minimum Gasteiger partial charge on any atom is -0.412 e. The molecule has 3 nitrogen and oxygen atoms in total. The zero-order valence-corrected chi connectivity index (χ0v) is 14.2. The fourth-order valence-electron chi connectivity index (χ4n) is 1.55. The molecule has 4 heteroatoms. The lowest BCUT2D eigenvalue weighted by Gasteiger charge is -2.18. The summed E-state index contributed by atoms with van der Waals surface area (Å²) in [6.45, 7) is 11.9. The molecule has 0 radical (unpaired) electrons. The Morgan fingerprint density at radius 3 is 2.53 bits per heavy atom. The van der Waals surface area contributed by atoms with Gasteiger partial charge in [-0.3, -0.25) is 4.79 Å². The molecule has 1 atom stereocenters. The van der Waals surface area contributed by atoms with Crippen molar-refractivity contribution in [3.05, 3.63) is 0 Å². The zero-order valence-electron chi connectivity index (χ0n) is 13.3. The van der Waals surface area contributed by atoms with Crippen molar-refractivity contribution in [1.82, 2.24) is 5.32 Å². The van der Waals surface area contributed by atoms with Crippen LogP contribution in [0.5, 0.6) is 0 Å². The number of carbonyl (C=O) groups excluding carboxylic acids is 1. The van der Waals surface area contributed by atoms with Crippen LogP contribution in [-0.2, 0) is 4.79 Å². The Labute approximate surface area is 125 Å². The maximum atomic E-state index is 11.6. The van der Waals surface area contributed by atoms with E-state index in [-0.39, 0.29) is 12.8 Å². The van der Waals surface area contributed by atoms with Gasteiger partial charge in [-0.2, -0.15) is 11.8 Å². The lowest BCUT2D eigenvalue weighted by atomic mass is 9.92. The summed E-state index contributed by atoms with van der Waals surface area (Å²) in [6.07, 6.45) is 3.97. The molecule has 0 aromatic carbocycles. The highest BCUT2D eigenvalue weighted by molar-refractivity contribution is 7.99. The molecular formula is C15H35NO2S. The summed E-state index contributed by atoms with van der Waals surface area (Å²) < 4.78 is 0. The third kappa shape index (κ3) is 15.7. The van der Waals surface area contributed by atoms with Crippen LogP contribution in [0.4, 0.5) is 0 Å². The fourth-order valence-corrected chi connectivity index (χ4v) is 2.58. The van der Waals surface area contributed by atoms with Gasteiger partial charge in [0.25, 0.3) is 0 Å². The first-order valence-electron chi connectivity index (χ1n) is 7.19. The topological polar surface area (TPSA) is 60.6 Å². The van der Waals surface area contributed by atoms with Gasteiger partial charge in [0.05, 0.1) is 0 Å². The number of carbonyl (C=O) groups is 1. The van der Waals surface area contributed by atoms with Crippen molar-refractivity contribution in [3.8, 4) is 0 Å². The Hall–Kier alpha value is -0.220. The van der Waals surface area contributed by atoms with E-state index in [1.165, 1.54) is 17.9 Å². The van der Waals surface area contributed by atoms with E-state index in [0.29, 0.717) is 17.8 Å². The minimum atomic E-state index is 0. The van der Waals surface area contributed by atoms with Crippen LogP contribution in [0.25, 0.3) is 0 Å². The van der Waals surface area contributed by atoms with Gasteiger partial charge < -0.3 is 10.8 Å². The molecule has 0 saturated carbocycles. The maximum absolute atomic E-state index is 11.6. The third-order valence-electron chi connectivity index (χ3n) is 2.81. The van der Waals surface area contributed by atoms with Crippen LogP contribution in [0.15, 0.2) is 0 Å². The molecule has 0 fully saturated rings. The van der Waals surface area contributed by atoms with Gasteiger partial charge in [0.15, 0.2) is 0 Å². The van der Waals surface area contributed by atoms with Crippen molar-refractivity contribution in [2.75, 3.05) is 18.1 Å². The van der Waals surface area contributed by atoms with Gasteiger partial charge in [0, 0.05) is 14.4 Å². The number of amides is 1. The van der Waals surface area contributed by atoms with E-state index in [4.69, 9.17) is 0 Å². The Morgan fingerprint density at radius 1 is 1.37 bits per heavy atom. The first-order chi connectivity index (χ1) is 8.35. The lowest BCUT2D eigenvalue weighted by molar-refractivity contribution is -0.121. The highest BCUT2D eigenvalue weighted by Gasteiger charge is 2.11. The summed E-state index contributed by atoms with van der Waals surface area (Å²) in [5, 5.41) is 3.02. The van der Waals surface area contributed by atoms with E-state index in [1.54, 1.807) is 0 Å². The number of thioether (sulfide) groups is 1. The molecule has 118 valence electrons. The molecule has 3 N–H and O–H groups in total. The summed E-state index contributed by atoms with van der Waals surface area (Å²) in [6, 6.07) is 0. The van der Waals surface area contributed by atoms with Crippen LogP contribution >= 0.6 is 11.8 Å². The molecule has 0 aromatic heterocycles. The predicted octanol–water partition coefficient (Wildman–Crippen LogP) is 3.52. The van der Waals surface area contributed by atoms with Gasteiger partial charge in [-0.15, -0.1) is 0 Å². The zero-order chi connectivity index (χ0) is 14.0. The van der Waals surface area contributed by atoms with Crippen LogP contribution in [0, 0.1) is 11.3 Å². The maximum Gasteiger partial charge on any atom is 0.220 e. The van der Waals surface area contributed by atoms with E-state index in [0.717, 1.165) is 19.4 Å². The van der Waals surface area contributed by atoms with Gasteiger partial charge in [0.1, 0.15) is 0 Å². The van der Waals surface area contributed by atoms with Crippen molar-refractivity contribution >= 4 is 17.7 Å². The average molecular weight is 294 g/mol. The van der Waals surface area contributed by atoms with Crippen molar-refractivity contribution in [3.63, 3.8) is 0 Å². The standard InChI is InChI=1S/C15H31NOS.H2O.H2/c1-6-11-18-12-13(2)7-8-14(17)16-10-9-15(3,4)5;;/h13H,6-12H2,1-5H3,(H,16,17);1H2;1H. The average Bonchev–Trinajstić information content (AvgIpc) is 2.25. The Bertz CT molecular complexity index is 232. The smallest absolute Gasteiger partial charge is 0.220 e. The Kier molecular flexibility index (Phi) is 12.9. The fraction of sp³-hybridized carbons (Fsp3) is 0.933. The van der Waals surface area contributed by atoms with Crippen LogP contribution in [0.1, 0.15) is 61.7 Å². The summed E-state index contributed by atoms with van der Waals surface area (Å²) in [5.41, 5.74) is 0.303. The molecular weight excluding hydrogens is 258 g/mol. The third-order valence-corrected chi connectivity index (χ3v) is 4.31. The number of hydrogen-bond donors (Lipinski definition) is 1. The first kappa shape index (κ1) is 21.1. The van der Waals surface area contributed by atoms with Gasteiger partial charge in [-0.1, -0.05) is 34.6 Å². The van der Waals surface area contributed by atoms with E-state index in [2.05, 4.69) is 39.9 Å². The van der Waals surface area contributed by atoms with Gasteiger partial charge in [-0.05, 0) is 42.1 Å². The number of hydrogen-bond acceptors (Lipinski definition) is 2. The van der Waals surface area contributed by atoms with Gasteiger partial charge >= 0.3 is 0 Å². The molecule has 0 aliphatic carbocycles. The second-order valence-corrected chi connectivity index (χ2v) is 7.53. The van der Waals surface area contributed by atoms with Crippen molar-refractivity contribution in [2.45, 2.75) is 60.3 Å². The molecule has 19 heavy (non-hydrogen) atoms. The first-order valence-corrected chi connectivity index (χ1v) is 8.35. The molecule has 0 bridgehead atoms. The van der Waals surface area contributed by atoms with Crippen LogP contribution in [0.2, 0.25) is 0 Å². The van der Waals surface area contributed by atoms with E-state index < -0.39 is 0 Å². The second kappa shape index (κ2) is 11.6. The summed E-state index contributed by atoms with van der Waals surface area (Å²) >= 11 is 2.00. The van der Waals surface area contributed by atoms with Crippen molar-refractivity contribution in [1.29, 1.82) is 0 Å². The Morgan fingerprint density at radius 2 is 2.00 bits per heavy atom. The molecule has 0 rings (SSSR count). The van der Waals surface area contributed by atoms with E-state index in [1.807, 2.05) is 11.8 Å². The van der Waals surface area contributed by atoms with E-state index in [9.17, 15) is 4.79 Å². The molecule has 0 saturated heterocycles. The molecule has 0 aliphatic rings. The quantitative estimate of drug-likeness (QED) is 0.661. The largest absolute Gasteiger partial charge is 0.412 e. The summed E-state index contributed by atoms with van der Waals surface area (Å²) in [7, 11) is 0. The van der Waals surface area contributed by atoms with Gasteiger partial charge in [-0.25, -0.2) is 0 Å². The minimum absolute atomic E-state index is 0. The van der Waals surface area contributed by atoms with Crippen LogP contribution in [-0.4, -0.2) is 29.4 Å². The van der Waals surface area contributed by atoms with Crippen LogP contribution < -0.4 is 5.32 Å². The van der Waals surface area contributed by atoms with Crippen LogP contribution in [0.3, 0.4) is 0 Å². The SMILES string of the molecule is CCCSCC(C)CCC(=O)NCCC(C)(C)C.O.[HH]. The molecule has 0 aromatic rings. The molecule has 0 aliphatic heterocycles. The highest BCUT2D eigenvalue weighted by Crippen LogP contribution is 2.17. The summed E-state index contributed by atoms with van der Waals surface area (Å²) in [4.78, 5) is 11.6. The summed E-state index contributed by atoms with van der Waals surface area (Å²) in [5.74, 6) is 3.28. The highest BCUT2D eigenvalue weighted by atomic mass is 32.2.